The lowest BCUT2D eigenvalue weighted by atomic mass is 9.91. The maximum atomic E-state index is 13.1. The van der Waals surface area contributed by atoms with Crippen molar-refractivity contribution in [3.63, 3.8) is 0 Å². The number of benzene rings is 1. The molecule has 5 nitrogen and oxygen atoms in total. The number of hydrogen-bond acceptors (Lipinski definition) is 3. The monoisotopic (exact) mass is 285 g/mol. The molecule has 7 heteroatoms. The lowest BCUT2D eigenvalue weighted by molar-refractivity contribution is -0.162. The Bertz CT molecular complexity index is 533. The number of hydrogen-bond donors (Lipinski definition) is 2. The SMILES string of the molecule is O=C(c1cc(F)cc(F)c1)N1CCC(O)(C(=O)O)CC1. The molecule has 0 spiro atoms. The van der Waals surface area contributed by atoms with E-state index in [1.54, 1.807) is 0 Å². The van der Waals surface area contributed by atoms with Gasteiger partial charge in [0, 0.05) is 37.6 Å². The molecule has 1 aromatic rings. The zero-order chi connectivity index (χ0) is 14.9. The molecule has 0 bridgehead atoms. The summed E-state index contributed by atoms with van der Waals surface area (Å²) in [6, 6.07) is 2.50. The molecule has 1 amide bonds. The third-order valence-corrected chi connectivity index (χ3v) is 3.39. The van der Waals surface area contributed by atoms with Crippen molar-refractivity contribution >= 4 is 11.9 Å². The van der Waals surface area contributed by atoms with E-state index >= 15 is 0 Å². The zero-order valence-corrected chi connectivity index (χ0v) is 10.5. The van der Waals surface area contributed by atoms with Crippen LogP contribution in [0.25, 0.3) is 0 Å². The summed E-state index contributed by atoms with van der Waals surface area (Å²) in [5.41, 5.74) is -1.98. The highest BCUT2D eigenvalue weighted by Crippen LogP contribution is 2.24. The molecule has 0 unspecified atom stereocenters. The summed E-state index contributed by atoms with van der Waals surface area (Å²) in [4.78, 5) is 24.2. The van der Waals surface area contributed by atoms with E-state index in [0.717, 1.165) is 12.1 Å². The van der Waals surface area contributed by atoms with Crippen LogP contribution in [0.5, 0.6) is 0 Å². The van der Waals surface area contributed by atoms with E-state index in [4.69, 9.17) is 5.11 Å². The number of aliphatic hydroxyl groups is 1. The molecule has 1 aromatic carbocycles. The lowest BCUT2D eigenvalue weighted by Crippen LogP contribution is -2.50. The van der Waals surface area contributed by atoms with Gasteiger partial charge in [-0.15, -0.1) is 0 Å². The summed E-state index contributed by atoms with van der Waals surface area (Å²) >= 11 is 0. The van der Waals surface area contributed by atoms with Crippen LogP contribution in [0.15, 0.2) is 18.2 Å². The molecule has 2 rings (SSSR count). The fourth-order valence-corrected chi connectivity index (χ4v) is 2.15. The van der Waals surface area contributed by atoms with E-state index in [9.17, 15) is 23.5 Å². The molecule has 1 fully saturated rings. The van der Waals surface area contributed by atoms with Crippen LogP contribution in [0.1, 0.15) is 23.2 Å². The van der Waals surface area contributed by atoms with E-state index in [0.29, 0.717) is 6.07 Å². The number of aliphatic carboxylic acids is 1. The second kappa shape index (κ2) is 5.16. The molecular weight excluding hydrogens is 272 g/mol. The average Bonchev–Trinajstić information content (AvgIpc) is 2.37. The molecule has 0 radical (unpaired) electrons. The van der Waals surface area contributed by atoms with Gasteiger partial charge in [-0.3, -0.25) is 4.79 Å². The fourth-order valence-electron chi connectivity index (χ4n) is 2.15. The predicted octanol–water partition coefficient (Wildman–Crippen LogP) is 1.02. The van der Waals surface area contributed by atoms with Crippen LogP contribution in [0.2, 0.25) is 0 Å². The van der Waals surface area contributed by atoms with Crippen molar-refractivity contribution in [3.8, 4) is 0 Å². The number of piperidine rings is 1. The maximum Gasteiger partial charge on any atom is 0.335 e. The number of carbonyl (C=O) groups is 2. The van der Waals surface area contributed by atoms with E-state index in [1.807, 2.05) is 0 Å². The number of likely N-dealkylation sites (tertiary alicyclic amines) is 1. The van der Waals surface area contributed by atoms with Crippen molar-refractivity contribution in [2.24, 2.45) is 0 Å². The van der Waals surface area contributed by atoms with Crippen molar-refractivity contribution in [2.45, 2.75) is 18.4 Å². The molecule has 108 valence electrons. The summed E-state index contributed by atoms with van der Waals surface area (Å²) < 4.78 is 26.1. The zero-order valence-electron chi connectivity index (χ0n) is 10.5. The molecule has 0 aromatic heterocycles. The van der Waals surface area contributed by atoms with Crippen molar-refractivity contribution < 1.29 is 28.6 Å². The number of carboxylic acids is 1. The molecular formula is C13H13F2NO4. The number of amides is 1. The second-order valence-corrected chi connectivity index (χ2v) is 4.79. The molecule has 0 aliphatic carbocycles. The van der Waals surface area contributed by atoms with Crippen molar-refractivity contribution in [1.82, 2.24) is 4.90 Å². The first kappa shape index (κ1) is 14.4. The van der Waals surface area contributed by atoms with Gasteiger partial charge in [-0.05, 0) is 12.1 Å². The highest BCUT2D eigenvalue weighted by Gasteiger charge is 2.40. The highest BCUT2D eigenvalue weighted by molar-refractivity contribution is 5.94. The van der Waals surface area contributed by atoms with Gasteiger partial charge in [-0.2, -0.15) is 0 Å². The van der Waals surface area contributed by atoms with E-state index in [1.165, 1.54) is 4.90 Å². The third kappa shape index (κ3) is 2.77. The van der Waals surface area contributed by atoms with Gasteiger partial charge in [0.25, 0.3) is 5.91 Å². The predicted molar refractivity (Wildman–Crippen MR) is 64.1 cm³/mol. The first-order chi connectivity index (χ1) is 9.32. The topological polar surface area (TPSA) is 77.8 Å². The Balaban J connectivity index is 2.10. The minimum Gasteiger partial charge on any atom is -0.479 e. The summed E-state index contributed by atoms with van der Waals surface area (Å²) in [6.07, 6.45) is -0.238. The molecule has 20 heavy (non-hydrogen) atoms. The Hall–Kier alpha value is -2.02. The van der Waals surface area contributed by atoms with Gasteiger partial charge in [-0.25, -0.2) is 13.6 Å². The minimum absolute atomic E-state index is 0.0137. The molecule has 1 saturated heterocycles. The first-order valence-corrected chi connectivity index (χ1v) is 6.03. The first-order valence-electron chi connectivity index (χ1n) is 6.03. The number of nitrogens with zero attached hydrogens (tertiary/aromatic N) is 1. The normalized spacial score (nSPS) is 17.9. The summed E-state index contributed by atoms with van der Waals surface area (Å²) in [5, 5.41) is 18.6. The Morgan fingerprint density at radius 2 is 1.60 bits per heavy atom. The van der Waals surface area contributed by atoms with Crippen LogP contribution in [0, 0.1) is 11.6 Å². The number of carbonyl (C=O) groups excluding carboxylic acids is 1. The number of rotatable bonds is 2. The van der Waals surface area contributed by atoms with Gasteiger partial charge in [0.2, 0.25) is 0 Å². The van der Waals surface area contributed by atoms with Crippen LogP contribution < -0.4 is 0 Å². The van der Waals surface area contributed by atoms with Gasteiger partial charge >= 0.3 is 5.97 Å². The van der Waals surface area contributed by atoms with Crippen LogP contribution >= 0.6 is 0 Å². The molecule has 1 heterocycles. The van der Waals surface area contributed by atoms with E-state index < -0.39 is 29.1 Å². The Morgan fingerprint density at radius 3 is 2.05 bits per heavy atom. The van der Waals surface area contributed by atoms with Gasteiger partial charge in [0.1, 0.15) is 11.6 Å². The molecule has 2 N–H and O–H groups in total. The quantitative estimate of drug-likeness (QED) is 0.850. The molecule has 1 aliphatic heterocycles. The summed E-state index contributed by atoms with van der Waals surface area (Å²) in [6.45, 7) is 0.0273. The van der Waals surface area contributed by atoms with Crippen LogP contribution in [0.4, 0.5) is 8.78 Å². The Morgan fingerprint density at radius 1 is 1.10 bits per heavy atom. The lowest BCUT2D eigenvalue weighted by Gasteiger charge is -2.35. The number of carboxylic acid groups (broad SMARTS) is 1. The summed E-state index contributed by atoms with van der Waals surface area (Å²) in [5.74, 6) is -3.63. The van der Waals surface area contributed by atoms with Gasteiger partial charge in [0.05, 0.1) is 0 Å². The Kier molecular flexibility index (Phi) is 3.71. The van der Waals surface area contributed by atoms with Crippen LogP contribution in [-0.2, 0) is 4.79 Å². The van der Waals surface area contributed by atoms with Crippen molar-refractivity contribution in [3.05, 3.63) is 35.4 Å². The maximum absolute atomic E-state index is 13.1. The summed E-state index contributed by atoms with van der Waals surface area (Å²) in [7, 11) is 0. The molecule has 1 aliphatic rings. The third-order valence-electron chi connectivity index (χ3n) is 3.39. The molecule has 0 saturated carbocycles. The smallest absolute Gasteiger partial charge is 0.335 e. The van der Waals surface area contributed by atoms with Gasteiger partial charge < -0.3 is 15.1 Å². The largest absolute Gasteiger partial charge is 0.479 e. The van der Waals surface area contributed by atoms with E-state index in [-0.39, 0.29) is 31.5 Å². The highest BCUT2D eigenvalue weighted by atomic mass is 19.1. The Labute approximate surface area is 113 Å². The standard InChI is InChI=1S/C13H13F2NO4/c14-9-5-8(6-10(15)7-9)11(17)16-3-1-13(20,2-4-16)12(18)19/h5-7,20H,1-4H2,(H,18,19). The van der Waals surface area contributed by atoms with Gasteiger partial charge in [0.15, 0.2) is 5.60 Å². The van der Waals surface area contributed by atoms with Crippen molar-refractivity contribution in [2.75, 3.05) is 13.1 Å². The minimum atomic E-state index is -1.84. The second-order valence-electron chi connectivity index (χ2n) is 4.79. The average molecular weight is 285 g/mol. The fraction of sp³-hybridized carbons (Fsp3) is 0.385. The molecule has 0 atom stereocenters. The van der Waals surface area contributed by atoms with Crippen LogP contribution in [-0.4, -0.2) is 45.7 Å². The van der Waals surface area contributed by atoms with Crippen molar-refractivity contribution in [1.29, 1.82) is 0 Å². The van der Waals surface area contributed by atoms with E-state index in [2.05, 4.69) is 0 Å². The van der Waals surface area contributed by atoms with Crippen LogP contribution in [0.3, 0.4) is 0 Å². The number of halogens is 2. The van der Waals surface area contributed by atoms with Gasteiger partial charge in [-0.1, -0.05) is 0 Å².